The van der Waals surface area contributed by atoms with Crippen LogP contribution in [0.15, 0.2) is 12.1 Å². The Bertz CT molecular complexity index is 616. The Morgan fingerprint density at radius 1 is 1.29 bits per heavy atom. The van der Waals surface area contributed by atoms with Crippen molar-refractivity contribution in [3.63, 3.8) is 0 Å². The molecule has 1 aromatic rings. The second-order valence-electron chi connectivity index (χ2n) is 6.45. The fraction of sp³-hybridized carbons (Fsp3) is 0.600. The molecule has 0 amide bonds. The van der Waals surface area contributed by atoms with Gasteiger partial charge in [0.25, 0.3) is 0 Å². The van der Waals surface area contributed by atoms with Gasteiger partial charge in [-0.25, -0.2) is 0 Å². The highest BCUT2D eigenvalue weighted by atomic mass is 16.5. The van der Waals surface area contributed by atoms with Crippen molar-refractivity contribution in [3.8, 4) is 11.8 Å². The van der Waals surface area contributed by atoms with Crippen molar-refractivity contribution in [1.82, 2.24) is 4.98 Å². The molecular formula is C20H27NO3. The van der Waals surface area contributed by atoms with Crippen LogP contribution in [0.4, 0.5) is 0 Å². The van der Waals surface area contributed by atoms with E-state index in [1.54, 1.807) is 0 Å². The number of esters is 1. The van der Waals surface area contributed by atoms with Gasteiger partial charge in [0.2, 0.25) is 0 Å². The van der Waals surface area contributed by atoms with Crippen LogP contribution < -0.4 is 0 Å². The summed E-state index contributed by atoms with van der Waals surface area (Å²) in [6, 6.07) is 3.92. The summed E-state index contributed by atoms with van der Waals surface area (Å²) in [4.78, 5) is 16.3. The van der Waals surface area contributed by atoms with E-state index in [9.17, 15) is 9.90 Å². The van der Waals surface area contributed by atoms with Gasteiger partial charge in [0, 0.05) is 17.0 Å². The van der Waals surface area contributed by atoms with Gasteiger partial charge in [-0.3, -0.25) is 9.78 Å². The van der Waals surface area contributed by atoms with Gasteiger partial charge in [-0.05, 0) is 43.7 Å². The van der Waals surface area contributed by atoms with Gasteiger partial charge < -0.3 is 9.84 Å². The summed E-state index contributed by atoms with van der Waals surface area (Å²) in [5.74, 6) is 5.70. The van der Waals surface area contributed by atoms with E-state index in [0.29, 0.717) is 0 Å². The quantitative estimate of drug-likeness (QED) is 0.666. The molecule has 1 fully saturated rings. The molecule has 0 saturated heterocycles. The number of carbonyl (C=O) groups excluding carboxylic acids is 1. The number of pyridine rings is 1. The van der Waals surface area contributed by atoms with E-state index in [2.05, 4.69) is 30.7 Å². The summed E-state index contributed by atoms with van der Waals surface area (Å²) < 4.78 is 4.75. The molecule has 0 aliphatic heterocycles. The molecule has 0 unspecified atom stereocenters. The van der Waals surface area contributed by atoms with E-state index in [4.69, 9.17) is 4.74 Å². The van der Waals surface area contributed by atoms with Crippen molar-refractivity contribution in [3.05, 3.63) is 29.1 Å². The number of aryl methyl sites for hydroxylation is 2. The molecule has 0 aromatic carbocycles. The molecule has 1 aromatic heterocycles. The van der Waals surface area contributed by atoms with Gasteiger partial charge in [0.15, 0.2) is 0 Å². The summed E-state index contributed by atoms with van der Waals surface area (Å²) in [5.41, 5.74) is 1.53. The Labute approximate surface area is 144 Å². The highest BCUT2D eigenvalue weighted by Gasteiger charge is 2.39. The monoisotopic (exact) mass is 329 g/mol. The lowest BCUT2D eigenvalue weighted by atomic mass is 9.83. The fourth-order valence-electron chi connectivity index (χ4n) is 3.25. The average Bonchev–Trinajstić information content (AvgIpc) is 3.15. The minimum absolute atomic E-state index is 0.0298. The summed E-state index contributed by atoms with van der Waals surface area (Å²) in [5, 5.41) is 11.0. The first-order valence-corrected chi connectivity index (χ1v) is 8.83. The van der Waals surface area contributed by atoms with Crippen molar-refractivity contribution < 1.29 is 14.6 Å². The highest BCUT2D eigenvalue weighted by Crippen LogP contribution is 2.36. The van der Waals surface area contributed by atoms with Gasteiger partial charge in [0.1, 0.15) is 5.60 Å². The molecule has 1 aliphatic carbocycles. The number of methoxy groups -OCH3 is 1. The first kappa shape index (κ1) is 18.5. The van der Waals surface area contributed by atoms with Crippen LogP contribution in [-0.4, -0.2) is 28.8 Å². The summed E-state index contributed by atoms with van der Waals surface area (Å²) in [7, 11) is 1.34. The number of hydrogen-bond donors (Lipinski definition) is 1. The van der Waals surface area contributed by atoms with Crippen LogP contribution in [0, 0.1) is 17.8 Å². The van der Waals surface area contributed by atoms with Crippen LogP contribution in [0.2, 0.25) is 0 Å². The Balaban J connectivity index is 2.33. The zero-order valence-electron chi connectivity index (χ0n) is 14.9. The topological polar surface area (TPSA) is 59.4 Å². The van der Waals surface area contributed by atoms with Gasteiger partial charge in [-0.1, -0.05) is 38.5 Å². The Morgan fingerprint density at radius 3 is 2.38 bits per heavy atom. The normalized spacial score (nSPS) is 17.0. The summed E-state index contributed by atoms with van der Waals surface area (Å²) >= 11 is 0. The molecule has 0 spiro atoms. The number of nitrogens with zero attached hydrogens (tertiary/aromatic N) is 1. The molecule has 2 rings (SSSR count). The van der Waals surface area contributed by atoms with Crippen LogP contribution in [0.25, 0.3) is 0 Å². The summed E-state index contributed by atoms with van der Waals surface area (Å²) in [6.07, 6.45) is 5.57. The summed E-state index contributed by atoms with van der Waals surface area (Å²) in [6.45, 7) is 4.12. The van der Waals surface area contributed by atoms with E-state index in [0.717, 1.165) is 55.5 Å². The number of aliphatic hydroxyl groups is 1. The van der Waals surface area contributed by atoms with E-state index < -0.39 is 11.6 Å². The smallest absolute Gasteiger partial charge is 0.309 e. The molecule has 24 heavy (non-hydrogen) atoms. The van der Waals surface area contributed by atoms with Gasteiger partial charge in [-0.2, -0.15) is 0 Å². The maximum Gasteiger partial charge on any atom is 0.309 e. The van der Waals surface area contributed by atoms with Crippen LogP contribution in [-0.2, 0) is 22.4 Å². The third-order valence-corrected chi connectivity index (χ3v) is 4.75. The first-order valence-electron chi connectivity index (χ1n) is 8.83. The van der Waals surface area contributed by atoms with Crippen LogP contribution >= 0.6 is 0 Å². The molecule has 4 heteroatoms. The number of aromatic nitrogens is 1. The predicted molar refractivity (Wildman–Crippen MR) is 93.4 cm³/mol. The highest BCUT2D eigenvalue weighted by molar-refractivity contribution is 5.71. The maximum atomic E-state index is 11.7. The maximum absolute atomic E-state index is 11.7. The van der Waals surface area contributed by atoms with E-state index in [-0.39, 0.29) is 12.3 Å². The predicted octanol–water partition coefficient (Wildman–Crippen LogP) is 3.04. The zero-order valence-corrected chi connectivity index (χ0v) is 14.9. The molecular weight excluding hydrogens is 302 g/mol. The average molecular weight is 329 g/mol. The fourth-order valence-corrected chi connectivity index (χ4v) is 3.25. The number of carbonyl (C=O) groups is 1. The van der Waals surface area contributed by atoms with Crippen LogP contribution in [0.1, 0.15) is 62.9 Å². The largest absolute Gasteiger partial charge is 0.469 e. The van der Waals surface area contributed by atoms with Crippen LogP contribution in [0.3, 0.4) is 0 Å². The van der Waals surface area contributed by atoms with Crippen molar-refractivity contribution in [2.24, 2.45) is 5.92 Å². The minimum atomic E-state index is -1.31. The van der Waals surface area contributed by atoms with Gasteiger partial charge in [0.05, 0.1) is 13.5 Å². The van der Waals surface area contributed by atoms with Crippen molar-refractivity contribution in [2.45, 2.75) is 64.4 Å². The Kier molecular flexibility index (Phi) is 6.39. The molecule has 1 atom stereocenters. The second kappa shape index (κ2) is 8.30. The lowest BCUT2D eigenvalue weighted by molar-refractivity contribution is -0.145. The molecule has 0 radical (unpaired) electrons. The molecule has 1 saturated carbocycles. The molecule has 1 heterocycles. The lowest BCUT2D eigenvalue weighted by Gasteiger charge is -2.27. The first-order chi connectivity index (χ1) is 11.5. The number of ether oxygens (including phenoxy) is 1. The zero-order chi connectivity index (χ0) is 17.6. The third kappa shape index (κ3) is 4.58. The van der Waals surface area contributed by atoms with Crippen molar-refractivity contribution in [2.75, 3.05) is 7.11 Å². The van der Waals surface area contributed by atoms with Gasteiger partial charge in [-0.15, -0.1) is 0 Å². The molecule has 4 nitrogen and oxygen atoms in total. The van der Waals surface area contributed by atoms with Crippen LogP contribution in [0.5, 0.6) is 0 Å². The lowest BCUT2D eigenvalue weighted by Crippen LogP contribution is -2.38. The van der Waals surface area contributed by atoms with Crippen molar-refractivity contribution in [1.29, 1.82) is 0 Å². The van der Waals surface area contributed by atoms with E-state index in [1.807, 2.05) is 12.1 Å². The van der Waals surface area contributed by atoms with E-state index >= 15 is 0 Å². The minimum Gasteiger partial charge on any atom is -0.469 e. The standard InChI is InChI=1S/C20H27NO3/c1-4-17-12-15(13-18(5-2)21-17)10-11-20(23,14-19(22)24-3)16-8-6-7-9-16/h12-13,16,23H,4-9,14H2,1-3H3/t20-/m1/s1. The second-order valence-corrected chi connectivity index (χ2v) is 6.45. The SMILES string of the molecule is CCc1cc(C#C[C@@](O)(CC(=O)OC)C2CCCC2)cc(CC)n1. The number of hydrogen-bond acceptors (Lipinski definition) is 4. The molecule has 1 aliphatic rings. The number of rotatable bonds is 5. The molecule has 1 N–H and O–H groups in total. The third-order valence-electron chi connectivity index (χ3n) is 4.75. The molecule has 130 valence electrons. The van der Waals surface area contributed by atoms with Crippen molar-refractivity contribution >= 4 is 5.97 Å². The van der Waals surface area contributed by atoms with Gasteiger partial charge >= 0.3 is 5.97 Å². The molecule has 0 bridgehead atoms. The Hall–Kier alpha value is -1.86. The van der Waals surface area contributed by atoms with E-state index in [1.165, 1.54) is 7.11 Å². The Morgan fingerprint density at radius 2 is 1.88 bits per heavy atom.